The summed E-state index contributed by atoms with van der Waals surface area (Å²) in [5.74, 6) is -0.0514. The van der Waals surface area contributed by atoms with Crippen LogP contribution < -0.4 is 4.74 Å². The first-order chi connectivity index (χ1) is 10.2. The van der Waals surface area contributed by atoms with Crippen molar-refractivity contribution in [1.29, 1.82) is 0 Å². The Kier molecular flexibility index (Phi) is 2.74. The quantitative estimate of drug-likeness (QED) is 0.917. The van der Waals surface area contributed by atoms with Gasteiger partial charge in [-0.05, 0) is 52.8 Å². The van der Waals surface area contributed by atoms with Gasteiger partial charge in [-0.25, -0.2) is 0 Å². The lowest BCUT2D eigenvalue weighted by atomic mass is 9.96. The van der Waals surface area contributed by atoms with Crippen LogP contribution in [0.2, 0.25) is 0 Å². The van der Waals surface area contributed by atoms with Crippen molar-refractivity contribution in [1.82, 2.24) is 0 Å². The highest BCUT2D eigenvalue weighted by atomic mass is 16.5. The summed E-state index contributed by atoms with van der Waals surface area (Å²) >= 11 is 0. The van der Waals surface area contributed by atoms with Crippen molar-refractivity contribution < 1.29 is 14.6 Å². The highest BCUT2D eigenvalue weighted by Crippen LogP contribution is 2.37. The second-order valence-corrected chi connectivity index (χ2v) is 5.76. The minimum Gasteiger partial charge on any atom is -0.493 e. The van der Waals surface area contributed by atoms with Crippen LogP contribution in [0, 0.1) is 0 Å². The van der Waals surface area contributed by atoms with E-state index in [2.05, 4.69) is 18.2 Å². The predicted octanol–water partition coefficient (Wildman–Crippen LogP) is 3.40. The molecule has 0 aromatic heterocycles. The Morgan fingerprint density at radius 1 is 1.05 bits per heavy atom. The van der Waals surface area contributed by atoms with Crippen LogP contribution in [0.1, 0.15) is 29.0 Å². The lowest BCUT2D eigenvalue weighted by molar-refractivity contribution is -0.138. The summed E-state index contributed by atoms with van der Waals surface area (Å²) in [5.41, 5.74) is 5.76. The number of carbonyl (C=O) groups is 1. The molecule has 1 atom stereocenters. The summed E-state index contributed by atoms with van der Waals surface area (Å²) in [5, 5.41) is 9.24. The molecule has 1 unspecified atom stereocenters. The van der Waals surface area contributed by atoms with Crippen LogP contribution in [0.25, 0.3) is 11.1 Å². The van der Waals surface area contributed by atoms with Crippen molar-refractivity contribution in [3.8, 4) is 16.9 Å². The third-order valence-corrected chi connectivity index (χ3v) is 4.54. The molecule has 3 nitrogen and oxygen atoms in total. The number of fused-ring (bicyclic) bond motifs is 2. The maximum Gasteiger partial charge on any atom is 0.310 e. The van der Waals surface area contributed by atoms with E-state index in [1.54, 1.807) is 0 Å². The molecule has 2 aromatic carbocycles. The van der Waals surface area contributed by atoms with Gasteiger partial charge in [0.15, 0.2) is 0 Å². The van der Waals surface area contributed by atoms with Crippen molar-refractivity contribution in [3.63, 3.8) is 0 Å². The van der Waals surface area contributed by atoms with E-state index in [9.17, 15) is 9.90 Å². The second kappa shape index (κ2) is 4.62. The predicted molar refractivity (Wildman–Crippen MR) is 79.8 cm³/mol. The first-order valence-corrected chi connectivity index (χ1v) is 7.34. The molecule has 21 heavy (non-hydrogen) atoms. The van der Waals surface area contributed by atoms with Gasteiger partial charge in [-0.1, -0.05) is 24.3 Å². The lowest BCUT2D eigenvalue weighted by Crippen LogP contribution is -2.07. The van der Waals surface area contributed by atoms with Gasteiger partial charge in [0.2, 0.25) is 0 Å². The Balaban J connectivity index is 1.73. The van der Waals surface area contributed by atoms with Crippen LogP contribution in [-0.4, -0.2) is 17.7 Å². The van der Waals surface area contributed by atoms with Gasteiger partial charge in [0, 0.05) is 6.42 Å². The summed E-state index contributed by atoms with van der Waals surface area (Å²) in [7, 11) is 0. The van der Waals surface area contributed by atoms with Crippen LogP contribution in [0.15, 0.2) is 36.4 Å². The first-order valence-electron chi connectivity index (χ1n) is 7.34. The third-order valence-electron chi connectivity index (χ3n) is 4.54. The molecule has 0 saturated carbocycles. The average Bonchev–Trinajstić information content (AvgIpc) is 3.12. The maximum atomic E-state index is 11.2. The van der Waals surface area contributed by atoms with E-state index < -0.39 is 5.97 Å². The molecule has 0 radical (unpaired) electrons. The number of aryl methyl sites for hydroxylation is 1. The zero-order valence-corrected chi connectivity index (χ0v) is 11.6. The van der Waals surface area contributed by atoms with Crippen LogP contribution in [0.5, 0.6) is 5.75 Å². The topological polar surface area (TPSA) is 46.5 Å². The van der Waals surface area contributed by atoms with Gasteiger partial charge in [-0.15, -0.1) is 0 Å². The number of carboxylic acids is 1. The Morgan fingerprint density at radius 2 is 1.81 bits per heavy atom. The fourth-order valence-electron chi connectivity index (χ4n) is 3.42. The Bertz CT molecular complexity index is 733. The molecule has 0 spiro atoms. The molecule has 1 N–H and O–H groups in total. The standard InChI is InChI=1S/C18H16O3/c19-18(20)16-5-2-13-9-11(1-4-15(13)16)12-3-6-17-14(10-12)7-8-21-17/h1,3-4,6,9-10,16H,2,5,7-8H2,(H,19,20). The Morgan fingerprint density at radius 3 is 2.62 bits per heavy atom. The SMILES string of the molecule is O=C(O)C1CCc2cc(-c3ccc4c(c3)CCO4)ccc21. The van der Waals surface area contributed by atoms with Gasteiger partial charge in [0.05, 0.1) is 12.5 Å². The largest absolute Gasteiger partial charge is 0.493 e. The molecule has 2 aromatic rings. The lowest BCUT2D eigenvalue weighted by Gasteiger charge is -2.09. The van der Waals surface area contributed by atoms with Gasteiger partial charge in [-0.3, -0.25) is 4.79 Å². The van der Waals surface area contributed by atoms with Crippen LogP contribution in [-0.2, 0) is 17.6 Å². The third kappa shape index (κ3) is 2.00. The summed E-state index contributed by atoms with van der Waals surface area (Å²) in [4.78, 5) is 11.2. The number of benzene rings is 2. The van der Waals surface area contributed by atoms with Gasteiger partial charge < -0.3 is 9.84 Å². The van der Waals surface area contributed by atoms with Crippen molar-refractivity contribution in [2.45, 2.75) is 25.2 Å². The molecule has 4 rings (SSSR count). The van der Waals surface area contributed by atoms with Gasteiger partial charge >= 0.3 is 5.97 Å². The van der Waals surface area contributed by atoms with Gasteiger partial charge in [-0.2, -0.15) is 0 Å². The summed E-state index contributed by atoms with van der Waals surface area (Å²) < 4.78 is 5.54. The summed E-state index contributed by atoms with van der Waals surface area (Å²) in [6.45, 7) is 0.767. The summed E-state index contributed by atoms with van der Waals surface area (Å²) in [6.07, 6.45) is 2.54. The average molecular weight is 280 g/mol. The summed E-state index contributed by atoms with van der Waals surface area (Å²) in [6, 6.07) is 12.5. The molecule has 0 fully saturated rings. The van der Waals surface area contributed by atoms with Crippen molar-refractivity contribution in [3.05, 3.63) is 53.1 Å². The molecule has 2 aliphatic rings. The highest BCUT2D eigenvalue weighted by Gasteiger charge is 2.28. The monoisotopic (exact) mass is 280 g/mol. The number of carboxylic acid groups (broad SMARTS) is 1. The van der Waals surface area contributed by atoms with E-state index in [0.717, 1.165) is 36.3 Å². The van der Waals surface area contributed by atoms with Gasteiger partial charge in [0.1, 0.15) is 5.75 Å². The molecule has 1 heterocycles. The van der Waals surface area contributed by atoms with Crippen LogP contribution >= 0.6 is 0 Å². The fraction of sp³-hybridized carbons (Fsp3) is 0.278. The number of hydrogen-bond acceptors (Lipinski definition) is 2. The zero-order valence-electron chi connectivity index (χ0n) is 11.6. The van der Waals surface area contributed by atoms with E-state index in [1.807, 2.05) is 18.2 Å². The van der Waals surface area contributed by atoms with E-state index in [4.69, 9.17) is 4.74 Å². The normalized spacial score (nSPS) is 19.0. The van der Waals surface area contributed by atoms with E-state index in [-0.39, 0.29) is 5.92 Å². The van der Waals surface area contributed by atoms with Crippen molar-refractivity contribution >= 4 is 5.97 Å². The first kappa shape index (κ1) is 12.5. The highest BCUT2D eigenvalue weighted by molar-refractivity contribution is 5.79. The van der Waals surface area contributed by atoms with Crippen LogP contribution in [0.4, 0.5) is 0 Å². The molecule has 0 bridgehead atoms. The van der Waals surface area contributed by atoms with E-state index in [1.165, 1.54) is 16.7 Å². The maximum absolute atomic E-state index is 11.2. The molecular formula is C18H16O3. The molecular weight excluding hydrogens is 264 g/mol. The second-order valence-electron chi connectivity index (χ2n) is 5.76. The molecule has 0 amide bonds. The smallest absolute Gasteiger partial charge is 0.310 e. The Hall–Kier alpha value is -2.29. The minimum absolute atomic E-state index is 0.331. The minimum atomic E-state index is -0.712. The Labute approximate surface area is 123 Å². The van der Waals surface area contributed by atoms with Gasteiger partial charge in [0.25, 0.3) is 0 Å². The number of hydrogen-bond donors (Lipinski definition) is 1. The van der Waals surface area contributed by atoms with Crippen LogP contribution in [0.3, 0.4) is 0 Å². The van der Waals surface area contributed by atoms with Crippen molar-refractivity contribution in [2.24, 2.45) is 0 Å². The number of aliphatic carboxylic acids is 1. The number of ether oxygens (including phenoxy) is 1. The molecule has 106 valence electrons. The zero-order chi connectivity index (χ0) is 14.4. The number of rotatable bonds is 2. The van der Waals surface area contributed by atoms with Crippen molar-refractivity contribution in [2.75, 3.05) is 6.61 Å². The molecule has 0 saturated heterocycles. The molecule has 1 aliphatic carbocycles. The van der Waals surface area contributed by atoms with E-state index in [0.29, 0.717) is 6.42 Å². The molecule has 1 aliphatic heterocycles. The molecule has 3 heteroatoms. The van der Waals surface area contributed by atoms with E-state index >= 15 is 0 Å². The fourth-order valence-corrected chi connectivity index (χ4v) is 3.42.